The van der Waals surface area contributed by atoms with Gasteiger partial charge in [0.2, 0.25) is 5.75 Å². The van der Waals surface area contributed by atoms with Gasteiger partial charge in [-0.2, -0.15) is 0 Å². The highest BCUT2D eigenvalue weighted by molar-refractivity contribution is 7.50. The van der Waals surface area contributed by atoms with Crippen LogP contribution in [0.1, 0.15) is 21.6 Å². The van der Waals surface area contributed by atoms with E-state index in [0.29, 0.717) is 5.56 Å². The molecule has 0 unspecified atom stereocenters. The summed E-state index contributed by atoms with van der Waals surface area (Å²) >= 11 is 0. The van der Waals surface area contributed by atoms with Crippen molar-refractivity contribution >= 4 is 19.2 Å². The van der Waals surface area contributed by atoms with Crippen LogP contribution in [0.4, 0.5) is 4.39 Å². The average Bonchev–Trinajstić information content (AvgIpc) is 2.63. The van der Waals surface area contributed by atoms with Crippen molar-refractivity contribution in [3.8, 4) is 5.75 Å². The van der Waals surface area contributed by atoms with Gasteiger partial charge in [0.1, 0.15) is 11.5 Å². The Labute approximate surface area is 157 Å². The molecule has 4 N–H and O–H groups in total. The minimum absolute atomic E-state index is 0.0178. The fourth-order valence-corrected chi connectivity index (χ4v) is 3.19. The Balaban J connectivity index is 1.89. The van der Waals surface area contributed by atoms with E-state index in [1.54, 1.807) is 0 Å². The maximum Gasteiger partial charge on any atom is 0.329 e. The number of amides is 1. The number of hydrogen-bond donors (Lipinski definition) is 4. The summed E-state index contributed by atoms with van der Waals surface area (Å²) < 4.78 is 24.9. The number of benzene rings is 1. The number of carbonyl (C=O) groups excluding carboxylic acids is 1. The quantitative estimate of drug-likeness (QED) is 0.465. The number of halogens is 1. The molecule has 2 aromatic heterocycles. The van der Waals surface area contributed by atoms with Gasteiger partial charge in [0, 0.05) is 12.7 Å². The van der Waals surface area contributed by atoms with Crippen molar-refractivity contribution in [2.24, 2.45) is 0 Å². The molecule has 0 atom stereocenters. The molecule has 1 aromatic carbocycles. The van der Waals surface area contributed by atoms with Crippen LogP contribution in [-0.2, 0) is 17.3 Å². The third-order valence-corrected chi connectivity index (χ3v) is 4.61. The zero-order valence-electron chi connectivity index (χ0n) is 14.2. The second kappa shape index (κ2) is 7.51. The number of hydrogen-bond acceptors (Lipinski definition) is 5. The van der Waals surface area contributed by atoms with Crippen molar-refractivity contribution in [2.75, 3.05) is 0 Å². The molecule has 146 valence electrons. The second-order valence-electron chi connectivity index (χ2n) is 6.01. The highest BCUT2D eigenvalue weighted by atomic mass is 31.2. The van der Waals surface area contributed by atoms with Gasteiger partial charge >= 0.3 is 13.2 Å². The van der Waals surface area contributed by atoms with E-state index in [0.717, 1.165) is 10.6 Å². The highest BCUT2D eigenvalue weighted by Crippen LogP contribution is 2.38. The molecule has 1 amide bonds. The van der Waals surface area contributed by atoms with E-state index in [1.165, 1.54) is 36.4 Å². The number of carbonyl (C=O) groups is 1. The molecule has 9 nitrogen and oxygen atoms in total. The number of nitrogens with zero attached hydrogens (tertiary/aromatic N) is 2. The lowest BCUT2D eigenvalue weighted by Gasteiger charge is -2.10. The third kappa shape index (κ3) is 4.42. The van der Waals surface area contributed by atoms with E-state index in [-0.39, 0.29) is 17.8 Å². The molecule has 0 bridgehead atoms. The van der Waals surface area contributed by atoms with E-state index < -0.39 is 42.5 Å². The van der Waals surface area contributed by atoms with Gasteiger partial charge in [-0.25, -0.2) is 9.37 Å². The summed E-state index contributed by atoms with van der Waals surface area (Å²) in [7, 11) is -4.35. The van der Waals surface area contributed by atoms with Crippen molar-refractivity contribution in [1.29, 1.82) is 0 Å². The van der Waals surface area contributed by atoms with Crippen molar-refractivity contribution in [2.45, 2.75) is 12.7 Å². The molecule has 3 aromatic rings. The van der Waals surface area contributed by atoms with Crippen LogP contribution in [0.15, 0.2) is 47.4 Å². The summed E-state index contributed by atoms with van der Waals surface area (Å²) in [5.41, 5.74) is -0.657. The first-order valence-electron chi connectivity index (χ1n) is 7.95. The van der Waals surface area contributed by atoms with E-state index in [9.17, 15) is 23.7 Å². The molecule has 0 aliphatic rings. The first-order chi connectivity index (χ1) is 13.1. The van der Waals surface area contributed by atoms with E-state index >= 15 is 0 Å². The first kappa shape index (κ1) is 19.7. The molecular formula is C17H15FN3O6P. The molecule has 2 heterocycles. The summed E-state index contributed by atoms with van der Waals surface area (Å²) in [5, 5.41) is 12.5. The van der Waals surface area contributed by atoms with Crippen molar-refractivity contribution in [3.05, 3.63) is 75.6 Å². The third-order valence-electron chi connectivity index (χ3n) is 3.83. The van der Waals surface area contributed by atoms with Gasteiger partial charge in [-0.05, 0) is 29.3 Å². The summed E-state index contributed by atoms with van der Waals surface area (Å²) in [6.45, 7) is 0.0286. The van der Waals surface area contributed by atoms with Crippen LogP contribution >= 0.6 is 7.60 Å². The monoisotopic (exact) mass is 407 g/mol. The molecule has 0 aliphatic heterocycles. The van der Waals surface area contributed by atoms with Gasteiger partial charge in [-0.15, -0.1) is 0 Å². The Morgan fingerprint density at radius 3 is 2.43 bits per heavy atom. The Morgan fingerprint density at radius 1 is 1.14 bits per heavy atom. The topological polar surface area (TPSA) is 141 Å². The fraction of sp³-hybridized carbons (Fsp3) is 0.118. The predicted octanol–water partition coefficient (Wildman–Crippen LogP) is 1.15. The number of pyridine rings is 1. The van der Waals surface area contributed by atoms with Gasteiger partial charge < -0.3 is 20.2 Å². The molecule has 0 spiro atoms. The molecule has 0 saturated carbocycles. The van der Waals surface area contributed by atoms with E-state index in [4.69, 9.17) is 9.79 Å². The van der Waals surface area contributed by atoms with Gasteiger partial charge in [-0.1, -0.05) is 18.2 Å². The molecule has 0 radical (unpaired) electrons. The van der Waals surface area contributed by atoms with Crippen LogP contribution < -0.4 is 10.9 Å². The Bertz CT molecular complexity index is 1160. The van der Waals surface area contributed by atoms with Crippen LogP contribution in [0.5, 0.6) is 5.75 Å². The smallest absolute Gasteiger partial charge is 0.329 e. The molecule has 3 rings (SSSR count). The van der Waals surface area contributed by atoms with Gasteiger partial charge in [0.25, 0.3) is 5.91 Å². The van der Waals surface area contributed by atoms with Crippen LogP contribution in [0.3, 0.4) is 0 Å². The van der Waals surface area contributed by atoms with Crippen molar-refractivity contribution < 1.29 is 28.6 Å². The zero-order valence-corrected chi connectivity index (χ0v) is 15.1. The Kier molecular flexibility index (Phi) is 5.28. The Morgan fingerprint density at radius 2 is 1.79 bits per heavy atom. The minimum atomic E-state index is -4.35. The number of aromatic nitrogens is 2. The summed E-state index contributed by atoms with van der Waals surface area (Å²) in [5.74, 6) is -2.13. The van der Waals surface area contributed by atoms with Crippen LogP contribution in [0.25, 0.3) is 5.65 Å². The number of fused-ring (bicyclic) bond motifs is 1. The molecule has 28 heavy (non-hydrogen) atoms. The standard InChI is InChI=1S/C17H15FN3O6P/c18-12-4-1-10(2-5-12)7-19-16(23)14-15(22)17(24)21-8-11(9-28(25,26)27)3-6-13(21)20-14/h1-6,8,22H,7,9H2,(H,19,23)(H2,25,26,27). The lowest BCUT2D eigenvalue weighted by Crippen LogP contribution is -2.27. The number of aromatic hydroxyl groups is 1. The molecule has 0 saturated heterocycles. The maximum absolute atomic E-state index is 12.9. The minimum Gasteiger partial charge on any atom is -0.501 e. The molecule has 0 aliphatic carbocycles. The summed E-state index contributed by atoms with van der Waals surface area (Å²) in [6.07, 6.45) is 0.555. The Hall–Kier alpha value is -3.07. The molecule has 0 fully saturated rings. The zero-order chi connectivity index (χ0) is 20.5. The highest BCUT2D eigenvalue weighted by Gasteiger charge is 2.20. The van der Waals surface area contributed by atoms with Crippen LogP contribution in [0, 0.1) is 5.82 Å². The van der Waals surface area contributed by atoms with Crippen molar-refractivity contribution in [1.82, 2.24) is 14.7 Å². The van der Waals surface area contributed by atoms with Crippen molar-refractivity contribution in [3.63, 3.8) is 0 Å². The first-order valence-corrected chi connectivity index (χ1v) is 9.75. The van der Waals surface area contributed by atoms with Gasteiger partial charge in [0.05, 0.1) is 6.16 Å². The normalized spacial score (nSPS) is 11.5. The predicted molar refractivity (Wildman–Crippen MR) is 96.4 cm³/mol. The number of nitrogens with one attached hydrogen (secondary N) is 1. The molecular weight excluding hydrogens is 392 g/mol. The number of rotatable bonds is 5. The largest absolute Gasteiger partial charge is 0.501 e. The summed E-state index contributed by atoms with van der Waals surface area (Å²) in [4.78, 5) is 46.7. The van der Waals surface area contributed by atoms with Gasteiger partial charge in [0.15, 0.2) is 5.69 Å². The average molecular weight is 407 g/mol. The lowest BCUT2D eigenvalue weighted by molar-refractivity contribution is 0.0942. The van der Waals surface area contributed by atoms with E-state index in [1.807, 2.05) is 0 Å². The lowest BCUT2D eigenvalue weighted by atomic mass is 10.2. The van der Waals surface area contributed by atoms with Crippen LogP contribution in [-0.4, -0.2) is 30.2 Å². The SMILES string of the molecule is O=C(NCc1ccc(F)cc1)c1nc2ccc(CP(=O)(O)O)cn2c(=O)c1O. The summed E-state index contributed by atoms with van der Waals surface area (Å²) in [6, 6.07) is 8.08. The maximum atomic E-state index is 12.9. The van der Waals surface area contributed by atoms with Gasteiger partial charge in [-0.3, -0.25) is 18.6 Å². The van der Waals surface area contributed by atoms with E-state index in [2.05, 4.69) is 10.3 Å². The molecule has 11 heteroatoms. The fourth-order valence-electron chi connectivity index (χ4n) is 2.53. The second-order valence-corrected chi connectivity index (χ2v) is 7.66. The van der Waals surface area contributed by atoms with Crippen LogP contribution in [0.2, 0.25) is 0 Å².